The average Bonchev–Trinajstić information content (AvgIpc) is 3.36. The molecule has 58 heavy (non-hydrogen) atoms. The first kappa shape index (κ1) is 31.9. The monoisotopic (exact) mass is 734 g/mol. The molecule has 4 aliphatic heterocycles. The molecule has 0 atom stereocenters. The molecule has 0 bridgehead atoms. The van der Waals surface area contributed by atoms with Gasteiger partial charge in [0.25, 0.3) is 13.4 Å². The molecule has 0 aliphatic carbocycles. The van der Waals surface area contributed by atoms with Gasteiger partial charge < -0.3 is 9.47 Å². The molecule has 4 heterocycles. The van der Waals surface area contributed by atoms with Gasteiger partial charge >= 0.3 is 0 Å². The molecule has 0 N–H and O–H groups in total. The van der Waals surface area contributed by atoms with E-state index in [1.807, 2.05) is 0 Å². The predicted octanol–water partition coefficient (Wildman–Crippen LogP) is 9.56. The van der Waals surface area contributed by atoms with Gasteiger partial charge in [0.1, 0.15) is 23.0 Å². The van der Waals surface area contributed by atoms with Gasteiger partial charge in [-0.3, -0.25) is 0 Å². The second kappa shape index (κ2) is 12.1. The van der Waals surface area contributed by atoms with Gasteiger partial charge in [-0.1, -0.05) is 187 Å². The molecule has 9 aromatic rings. The molecule has 0 aromatic heterocycles. The van der Waals surface area contributed by atoms with Crippen LogP contribution in [0.25, 0.3) is 66.8 Å². The summed E-state index contributed by atoms with van der Waals surface area (Å²) in [5.41, 5.74) is 21.6. The van der Waals surface area contributed by atoms with Gasteiger partial charge in [-0.25, -0.2) is 0 Å². The molecule has 9 aromatic carbocycles. The maximum absolute atomic E-state index is 7.46. The Bertz CT molecular complexity index is 3220. The van der Waals surface area contributed by atoms with Crippen LogP contribution < -0.4 is 42.3 Å². The summed E-state index contributed by atoms with van der Waals surface area (Å²) >= 11 is 0. The topological polar surface area (TPSA) is 18.5 Å². The summed E-state index contributed by atoms with van der Waals surface area (Å²) in [5.74, 6) is 3.47. The van der Waals surface area contributed by atoms with Crippen molar-refractivity contribution in [2.45, 2.75) is 0 Å². The summed E-state index contributed by atoms with van der Waals surface area (Å²) in [5, 5.41) is 0. The van der Waals surface area contributed by atoms with Crippen LogP contribution in [0.4, 0.5) is 0 Å². The molecule has 4 heteroatoms. The summed E-state index contributed by atoms with van der Waals surface area (Å²) in [6.45, 7) is -0.293. The Kier molecular flexibility index (Phi) is 6.65. The number of ether oxygens (including phenoxy) is 2. The molecule has 0 saturated carbocycles. The van der Waals surface area contributed by atoms with E-state index in [1.54, 1.807) is 0 Å². The third kappa shape index (κ3) is 4.35. The van der Waals surface area contributed by atoms with E-state index in [4.69, 9.17) is 9.47 Å². The lowest BCUT2D eigenvalue weighted by molar-refractivity contribution is 0.469. The van der Waals surface area contributed by atoms with Crippen molar-refractivity contribution in [2.24, 2.45) is 0 Å². The van der Waals surface area contributed by atoms with Gasteiger partial charge in [0.15, 0.2) is 0 Å². The number of fused-ring (bicyclic) bond motifs is 19. The SMILES string of the molecule is c1ccc2c(c1)B1c3ccc4c(c3Oc3cccc(c31)-c1ccccc1-c1ccccc1-2)B1c2ccccc2-c2ccccc2-c2ccccc2-c2cccc(c21)O4. The van der Waals surface area contributed by atoms with E-state index in [0.717, 1.165) is 39.4 Å². The van der Waals surface area contributed by atoms with Crippen LogP contribution in [-0.4, -0.2) is 13.4 Å². The Balaban J connectivity index is 1.15. The standard InChI is InChI=1S/C54H32B2O2/c1-5-19-37-33(15-1)35-17-3-7-21-39(35)43-25-14-30-49-51(43)55(45-27-11-9-23-41(37)45)47-31-32-50-53(54(47)58-49)56-46-28-12-10-24-42(46)38-20-6-2-16-34(38)36-18-4-8-22-40(36)44-26-13-29-48(57-50)52(44)56/h1-32H. The molecule has 0 saturated heterocycles. The van der Waals surface area contributed by atoms with Crippen molar-refractivity contribution in [2.75, 3.05) is 0 Å². The highest BCUT2D eigenvalue weighted by Gasteiger charge is 2.45. The molecule has 0 amide bonds. The van der Waals surface area contributed by atoms with E-state index in [2.05, 4.69) is 194 Å². The van der Waals surface area contributed by atoms with Gasteiger partial charge in [-0.05, 0) is 101 Å². The van der Waals surface area contributed by atoms with Crippen LogP contribution in [0.1, 0.15) is 0 Å². The largest absolute Gasteiger partial charge is 0.459 e. The highest BCUT2D eigenvalue weighted by molar-refractivity contribution is 7.02. The molecular formula is C54H32B2O2. The van der Waals surface area contributed by atoms with Crippen molar-refractivity contribution < 1.29 is 9.47 Å². The van der Waals surface area contributed by atoms with Gasteiger partial charge in [0, 0.05) is 5.46 Å². The zero-order valence-electron chi connectivity index (χ0n) is 31.4. The van der Waals surface area contributed by atoms with Crippen LogP contribution in [0, 0.1) is 0 Å². The van der Waals surface area contributed by atoms with Gasteiger partial charge in [-0.2, -0.15) is 0 Å². The highest BCUT2D eigenvalue weighted by atomic mass is 16.5. The highest BCUT2D eigenvalue weighted by Crippen LogP contribution is 2.44. The Morgan fingerprint density at radius 1 is 0.224 bits per heavy atom. The average molecular weight is 734 g/mol. The Hall–Kier alpha value is -7.29. The number of hydrogen-bond acceptors (Lipinski definition) is 2. The first-order chi connectivity index (χ1) is 28.8. The maximum Gasteiger partial charge on any atom is 0.257 e. The van der Waals surface area contributed by atoms with Crippen LogP contribution in [0.2, 0.25) is 0 Å². The van der Waals surface area contributed by atoms with Gasteiger partial charge in [-0.15, -0.1) is 0 Å². The number of hydrogen-bond donors (Lipinski definition) is 0. The fraction of sp³-hybridized carbons (Fsp3) is 0. The van der Waals surface area contributed by atoms with E-state index in [0.29, 0.717) is 0 Å². The number of rotatable bonds is 0. The zero-order chi connectivity index (χ0) is 37.9. The quantitative estimate of drug-likeness (QED) is 0.145. The summed E-state index contributed by atoms with van der Waals surface area (Å²) in [7, 11) is 0. The second-order valence-electron chi connectivity index (χ2n) is 15.8. The minimum atomic E-state index is -0.182. The molecule has 2 nitrogen and oxygen atoms in total. The molecule has 4 aliphatic rings. The number of benzene rings is 9. The fourth-order valence-electron chi connectivity index (χ4n) is 10.6. The smallest absolute Gasteiger partial charge is 0.257 e. The van der Waals surface area contributed by atoms with Crippen LogP contribution in [0.3, 0.4) is 0 Å². The molecule has 0 fully saturated rings. The van der Waals surface area contributed by atoms with Crippen molar-refractivity contribution in [3.8, 4) is 89.8 Å². The summed E-state index contributed by atoms with van der Waals surface area (Å²) in [6.07, 6.45) is 0. The summed E-state index contributed by atoms with van der Waals surface area (Å²) < 4.78 is 14.5. The lowest BCUT2D eigenvalue weighted by Crippen LogP contribution is -2.61. The summed E-state index contributed by atoms with van der Waals surface area (Å²) in [4.78, 5) is 0. The third-order valence-electron chi connectivity index (χ3n) is 12.9. The van der Waals surface area contributed by atoms with Gasteiger partial charge in [0.05, 0.1) is 0 Å². The fourth-order valence-corrected chi connectivity index (χ4v) is 10.6. The lowest BCUT2D eigenvalue weighted by atomic mass is 9.30. The normalized spacial score (nSPS) is 13.0. The third-order valence-corrected chi connectivity index (χ3v) is 12.9. The van der Waals surface area contributed by atoms with Crippen molar-refractivity contribution in [1.29, 1.82) is 0 Å². The molecule has 0 unspecified atom stereocenters. The first-order valence-corrected chi connectivity index (χ1v) is 20.2. The molecule has 266 valence electrons. The van der Waals surface area contributed by atoms with E-state index >= 15 is 0 Å². The van der Waals surface area contributed by atoms with Crippen LogP contribution in [-0.2, 0) is 0 Å². The minimum Gasteiger partial charge on any atom is -0.459 e. The molecule has 0 radical (unpaired) electrons. The Labute approximate surface area is 338 Å². The van der Waals surface area contributed by atoms with Crippen LogP contribution in [0.15, 0.2) is 194 Å². The van der Waals surface area contributed by atoms with Crippen molar-refractivity contribution in [3.05, 3.63) is 194 Å². The van der Waals surface area contributed by atoms with E-state index in [-0.39, 0.29) is 13.4 Å². The molecular weight excluding hydrogens is 702 g/mol. The van der Waals surface area contributed by atoms with Crippen molar-refractivity contribution >= 4 is 46.2 Å². The van der Waals surface area contributed by atoms with Gasteiger partial charge in [0.2, 0.25) is 0 Å². The second-order valence-corrected chi connectivity index (χ2v) is 15.8. The maximum atomic E-state index is 7.46. The van der Waals surface area contributed by atoms with Crippen molar-refractivity contribution in [3.63, 3.8) is 0 Å². The van der Waals surface area contributed by atoms with E-state index in [1.165, 1.54) is 83.1 Å². The lowest BCUT2D eigenvalue weighted by Gasteiger charge is -2.36. The predicted molar refractivity (Wildman–Crippen MR) is 241 cm³/mol. The Morgan fingerprint density at radius 3 is 1.07 bits per heavy atom. The molecule has 0 spiro atoms. The zero-order valence-corrected chi connectivity index (χ0v) is 31.4. The molecule has 13 rings (SSSR count). The first-order valence-electron chi connectivity index (χ1n) is 20.2. The van der Waals surface area contributed by atoms with E-state index in [9.17, 15) is 0 Å². The van der Waals surface area contributed by atoms with Crippen LogP contribution >= 0.6 is 0 Å². The van der Waals surface area contributed by atoms with Crippen LogP contribution in [0.5, 0.6) is 23.0 Å². The Morgan fingerprint density at radius 2 is 0.569 bits per heavy atom. The minimum absolute atomic E-state index is 0.111. The summed E-state index contributed by atoms with van der Waals surface area (Å²) in [6, 6.07) is 71.0. The van der Waals surface area contributed by atoms with Crippen molar-refractivity contribution in [1.82, 2.24) is 0 Å². The van der Waals surface area contributed by atoms with E-state index < -0.39 is 0 Å².